The van der Waals surface area contributed by atoms with E-state index in [0.717, 1.165) is 37.4 Å². The number of nitrogens with zero attached hydrogens (tertiary/aromatic N) is 1. The fourth-order valence-electron chi connectivity index (χ4n) is 4.09. The van der Waals surface area contributed by atoms with Crippen LogP contribution in [-0.2, 0) is 20.8 Å². The topological polar surface area (TPSA) is 116 Å². The molecule has 0 fully saturated rings. The van der Waals surface area contributed by atoms with Crippen LogP contribution in [0.3, 0.4) is 0 Å². The first-order chi connectivity index (χ1) is 21.6. The maximum Gasteiger partial charge on any atom is 0.338 e. The third kappa shape index (κ3) is 21.6. The molecule has 0 saturated carbocycles. The molecule has 0 aliphatic heterocycles. The Morgan fingerprint density at radius 1 is 0.867 bits per heavy atom. The van der Waals surface area contributed by atoms with Gasteiger partial charge in [0.15, 0.2) is 0 Å². The van der Waals surface area contributed by atoms with E-state index in [1.165, 1.54) is 25.7 Å². The molecular formula is C36H61N3O6. The second-order valence-electron chi connectivity index (χ2n) is 11.8. The van der Waals surface area contributed by atoms with Gasteiger partial charge >= 0.3 is 5.97 Å². The van der Waals surface area contributed by atoms with Crippen molar-refractivity contribution in [2.45, 2.75) is 98.5 Å². The van der Waals surface area contributed by atoms with Gasteiger partial charge in [-0.05, 0) is 88.2 Å². The molecule has 256 valence electrons. The Morgan fingerprint density at radius 3 is 2.07 bits per heavy atom. The van der Waals surface area contributed by atoms with Gasteiger partial charge in [0.1, 0.15) is 18.5 Å². The second kappa shape index (κ2) is 25.5. The lowest BCUT2D eigenvalue weighted by Gasteiger charge is -2.21. The first-order valence-electron chi connectivity index (χ1n) is 16.7. The summed E-state index contributed by atoms with van der Waals surface area (Å²) >= 11 is 0. The molecule has 0 aromatic heterocycles. The van der Waals surface area contributed by atoms with E-state index < -0.39 is 6.10 Å². The molecule has 1 unspecified atom stereocenters. The molecule has 0 spiro atoms. The van der Waals surface area contributed by atoms with Gasteiger partial charge in [0, 0.05) is 24.8 Å². The molecule has 0 saturated heterocycles. The molecule has 0 radical (unpaired) electrons. The number of aliphatic hydroxyl groups excluding tert-OH is 1. The minimum Gasteiger partial charge on any atom is -0.491 e. The van der Waals surface area contributed by atoms with Gasteiger partial charge in [0.05, 0.1) is 38.1 Å². The first kappa shape index (κ1) is 40.3. The van der Waals surface area contributed by atoms with E-state index >= 15 is 0 Å². The van der Waals surface area contributed by atoms with Gasteiger partial charge in [-0.15, -0.1) is 0 Å². The smallest absolute Gasteiger partial charge is 0.338 e. The Labute approximate surface area is 272 Å². The van der Waals surface area contributed by atoms with Gasteiger partial charge < -0.3 is 40.0 Å². The van der Waals surface area contributed by atoms with E-state index in [-0.39, 0.29) is 18.7 Å². The van der Waals surface area contributed by atoms with Gasteiger partial charge in [0.2, 0.25) is 0 Å². The van der Waals surface area contributed by atoms with Crippen molar-refractivity contribution >= 4 is 11.7 Å². The third-order valence-corrected chi connectivity index (χ3v) is 6.73. The van der Waals surface area contributed by atoms with Crippen molar-refractivity contribution in [1.29, 1.82) is 0 Å². The van der Waals surface area contributed by atoms with Gasteiger partial charge in [-0.3, -0.25) is 0 Å². The molecule has 45 heavy (non-hydrogen) atoms. The number of nitrogens with two attached hydrogens (primary N) is 1. The molecule has 9 heteroatoms. The number of benzene rings is 2. The van der Waals surface area contributed by atoms with Gasteiger partial charge in [0.25, 0.3) is 0 Å². The third-order valence-electron chi connectivity index (χ3n) is 6.73. The van der Waals surface area contributed by atoms with Crippen LogP contribution in [0.25, 0.3) is 0 Å². The first-order valence-corrected chi connectivity index (χ1v) is 16.7. The van der Waals surface area contributed by atoms with Crippen LogP contribution >= 0.6 is 0 Å². The number of unbranched alkanes of at least 4 members (excludes halogenated alkanes) is 2. The summed E-state index contributed by atoms with van der Waals surface area (Å²) in [6, 6.07) is 14.9. The predicted octanol–water partition coefficient (Wildman–Crippen LogP) is 6.08. The molecule has 0 aliphatic rings. The number of nitrogen functional groups attached to an aromatic ring is 1. The highest BCUT2D eigenvalue weighted by atomic mass is 16.5. The van der Waals surface area contributed by atoms with E-state index in [4.69, 9.17) is 24.7 Å². The summed E-state index contributed by atoms with van der Waals surface area (Å²) in [7, 11) is 0. The molecule has 2 aromatic rings. The number of aliphatic hydroxyl groups is 1. The van der Waals surface area contributed by atoms with Crippen LogP contribution in [0.4, 0.5) is 5.69 Å². The quantitative estimate of drug-likeness (QED) is 0.0762. The summed E-state index contributed by atoms with van der Waals surface area (Å²) in [5, 5.41) is 13.0. The van der Waals surface area contributed by atoms with Crippen molar-refractivity contribution in [1.82, 2.24) is 10.2 Å². The van der Waals surface area contributed by atoms with E-state index in [1.54, 1.807) is 24.3 Å². The zero-order valence-electron chi connectivity index (χ0n) is 28.8. The molecule has 4 N–H and O–H groups in total. The minimum atomic E-state index is -0.513. The minimum absolute atomic E-state index is 0.237. The largest absolute Gasteiger partial charge is 0.491 e. The van der Waals surface area contributed by atoms with E-state index in [1.807, 2.05) is 52.0 Å². The van der Waals surface area contributed by atoms with E-state index in [2.05, 4.69) is 24.1 Å². The van der Waals surface area contributed by atoms with Crippen molar-refractivity contribution in [2.75, 3.05) is 58.3 Å². The maximum atomic E-state index is 11.9. The number of esters is 1. The number of carbonyl (C=O) groups is 1. The lowest BCUT2D eigenvalue weighted by atomic mass is 10.2. The number of rotatable bonds is 23. The number of nitrogens with one attached hydrogen (secondary N) is 1. The van der Waals surface area contributed by atoms with Gasteiger partial charge in [-0.1, -0.05) is 52.7 Å². The molecule has 2 aromatic carbocycles. The van der Waals surface area contributed by atoms with Crippen LogP contribution in [0, 0.1) is 0 Å². The van der Waals surface area contributed by atoms with Crippen molar-refractivity contribution in [2.24, 2.45) is 0 Å². The Kier molecular flexibility index (Phi) is 22.9. The summed E-state index contributed by atoms with van der Waals surface area (Å²) < 4.78 is 21.9. The number of anilines is 1. The lowest BCUT2D eigenvalue weighted by molar-refractivity contribution is 0.0143. The molecule has 9 nitrogen and oxygen atoms in total. The lowest BCUT2D eigenvalue weighted by Crippen LogP contribution is -2.35. The molecule has 0 heterocycles. The summed E-state index contributed by atoms with van der Waals surface area (Å²) in [5.41, 5.74) is 7.90. The van der Waals surface area contributed by atoms with Gasteiger partial charge in [-0.25, -0.2) is 4.79 Å². The standard InChI is InChI=1S/C18H30N2O2.C18H31NO4/c1-3-5-12-20(13-6-4-2)14-7-15-22-18(21)16-8-10-17(19)11-9-16;1-14(2)19-11-17(20)13-23-18-7-5-16(6-8-18)12-21-9-10-22-15(3)4/h8-11H,3-7,12-15,19H2,1-2H3;5-8,14-15,17,19-20H,9-13H2,1-4H3. The van der Waals surface area contributed by atoms with Crippen molar-refractivity contribution in [3.8, 4) is 5.75 Å². The van der Waals surface area contributed by atoms with Crippen LogP contribution in [-0.4, -0.2) is 86.8 Å². The Bertz CT molecular complexity index is 977. The average Bonchev–Trinajstić information content (AvgIpc) is 3.02. The van der Waals surface area contributed by atoms with Gasteiger partial charge in [-0.2, -0.15) is 0 Å². The normalized spacial score (nSPS) is 11.9. The number of hydrogen-bond donors (Lipinski definition) is 3. The second-order valence-corrected chi connectivity index (χ2v) is 11.8. The zero-order valence-corrected chi connectivity index (χ0v) is 28.8. The number of ether oxygens (including phenoxy) is 4. The Morgan fingerprint density at radius 2 is 1.49 bits per heavy atom. The summed E-state index contributed by atoms with van der Waals surface area (Å²) in [6.07, 6.45) is 5.50. The summed E-state index contributed by atoms with van der Waals surface area (Å²) in [6.45, 7) is 18.9. The fraction of sp³-hybridized carbons (Fsp3) is 0.639. The van der Waals surface area contributed by atoms with Crippen LogP contribution in [0.15, 0.2) is 48.5 Å². The van der Waals surface area contributed by atoms with Crippen molar-refractivity contribution in [3.63, 3.8) is 0 Å². The number of hydrogen-bond acceptors (Lipinski definition) is 9. The summed E-state index contributed by atoms with van der Waals surface area (Å²) in [4.78, 5) is 14.3. The maximum absolute atomic E-state index is 11.9. The molecule has 0 bridgehead atoms. The van der Waals surface area contributed by atoms with Crippen LogP contribution in [0.5, 0.6) is 5.75 Å². The highest BCUT2D eigenvalue weighted by Crippen LogP contribution is 2.13. The van der Waals surface area contributed by atoms with E-state index in [0.29, 0.717) is 50.3 Å². The van der Waals surface area contributed by atoms with Crippen molar-refractivity contribution in [3.05, 3.63) is 59.7 Å². The SMILES string of the molecule is CC(C)NCC(O)COc1ccc(COCCOC(C)C)cc1.CCCCN(CCCC)CCCOC(=O)c1ccc(N)cc1. The molecular weight excluding hydrogens is 570 g/mol. The van der Waals surface area contributed by atoms with Crippen molar-refractivity contribution < 1.29 is 28.8 Å². The molecule has 0 amide bonds. The average molecular weight is 632 g/mol. The van der Waals surface area contributed by atoms with Crippen LogP contribution in [0.1, 0.15) is 89.6 Å². The predicted molar refractivity (Wildman–Crippen MR) is 184 cm³/mol. The highest BCUT2D eigenvalue weighted by molar-refractivity contribution is 5.89. The molecule has 0 aliphatic carbocycles. The number of carbonyl (C=O) groups excluding carboxylic acids is 1. The Balaban J connectivity index is 0.000000450. The Hall–Kier alpha value is -2.69. The monoisotopic (exact) mass is 631 g/mol. The molecule has 1 atom stereocenters. The summed E-state index contributed by atoms with van der Waals surface area (Å²) in [5.74, 6) is 0.481. The zero-order chi connectivity index (χ0) is 33.3. The molecule has 2 rings (SSSR count). The van der Waals surface area contributed by atoms with Crippen LogP contribution < -0.4 is 15.8 Å². The fourth-order valence-corrected chi connectivity index (χ4v) is 4.09. The highest BCUT2D eigenvalue weighted by Gasteiger charge is 2.09. The van der Waals surface area contributed by atoms with Crippen LogP contribution in [0.2, 0.25) is 0 Å². The van der Waals surface area contributed by atoms with E-state index in [9.17, 15) is 9.90 Å².